The minimum absolute atomic E-state index is 0.308. The van der Waals surface area contributed by atoms with E-state index in [1.54, 1.807) is 4.90 Å². The number of hydrogen-bond donors (Lipinski definition) is 0. The summed E-state index contributed by atoms with van der Waals surface area (Å²) in [5.74, 6) is 0.648. The lowest BCUT2D eigenvalue weighted by Gasteiger charge is -2.19. The zero-order valence-corrected chi connectivity index (χ0v) is 9.59. The van der Waals surface area contributed by atoms with Crippen LogP contribution in [0.25, 0.3) is 0 Å². The Morgan fingerprint density at radius 1 is 0.929 bits per heavy atom. The molecule has 1 aliphatic carbocycles. The van der Waals surface area contributed by atoms with E-state index in [-0.39, 0.29) is 0 Å². The summed E-state index contributed by atoms with van der Waals surface area (Å²) in [5, 5.41) is 0. The van der Waals surface area contributed by atoms with Crippen LogP contribution in [0.15, 0.2) is 0 Å². The molecule has 0 radical (unpaired) electrons. The highest BCUT2D eigenvalue weighted by Crippen LogP contribution is 2.22. The first-order valence-corrected chi connectivity index (χ1v) is 5.93. The van der Waals surface area contributed by atoms with Crippen LogP contribution in [-0.2, 0) is 4.79 Å². The van der Waals surface area contributed by atoms with Crippen molar-refractivity contribution in [3.63, 3.8) is 0 Å². The first-order chi connectivity index (χ1) is 6.72. The summed E-state index contributed by atoms with van der Waals surface area (Å²) in [6, 6.07) is 0. The van der Waals surface area contributed by atoms with Crippen LogP contribution in [0.4, 0.5) is 0 Å². The number of rotatable bonds is 1. The van der Waals surface area contributed by atoms with E-state index in [1.807, 2.05) is 14.1 Å². The minimum atomic E-state index is 0.308. The second-order valence-corrected chi connectivity index (χ2v) is 4.63. The Morgan fingerprint density at radius 2 is 1.36 bits per heavy atom. The Hall–Kier alpha value is -0.530. The van der Waals surface area contributed by atoms with Crippen LogP contribution in [0.5, 0.6) is 0 Å². The second-order valence-electron chi connectivity index (χ2n) is 4.63. The molecule has 0 bridgehead atoms. The molecule has 1 amide bonds. The van der Waals surface area contributed by atoms with Gasteiger partial charge < -0.3 is 4.90 Å². The third kappa shape index (κ3) is 3.69. The Labute approximate surface area is 87.7 Å². The molecule has 0 aromatic carbocycles. The van der Waals surface area contributed by atoms with Gasteiger partial charge in [-0.1, -0.05) is 38.5 Å². The SMILES string of the molecule is CN(C)C(=O)C1CCCCCCCC1. The molecule has 0 spiro atoms. The summed E-state index contributed by atoms with van der Waals surface area (Å²) in [7, 11) is 3.74. The normalized spacial score (nSPS) is 20.7. The summed E-state index contributed by atoms with van der Waals surface area (Å²) in [6.45, 7) is 0. The fourth-order valence-corrected chi connectivity index (χ4v) is 2.25. The smallest absolute Gasteiger partial charge is 0.225 e. The van der Waals surface area contributed by atoms with E-state index >= 15 is 0 Å². The molecule has 14 heavy (non-hydrogen) atoms. The lowest BCUT2D eigenvalue weighted by molar-refractivity contribution is -0.133. The minimum Gasteiger partial charge on any atom is -0.349 e. The van der Waals surface area contributed by atoms with Crippen molar-refractivity contribution in [2.75, 3.05) is 14.1 Å². The molecule has 2 nitrogen and oxygen atoms in total. The zero-order chi connectivity index (χ0) is 10.4. The molecular weight excluding hydrogens is 174 g/mol. The zero-order valence-electron chi connectivity index (χ0n) is 9.59. The topological polar surface area (TPSA) is 20.3 Å². The van der Waals surface area contributed by atoms with Gasteiger partial charge in [-0.05, 0) is 12.8 Å². The van der Waals surface area contributed by atoms with Gasteiger partial charge >= 0.3 is 0 Å². The molecule has 0 N–H and O–H groups in total. The Morgan fingerprint density at radius 3 is 1.79 bits per heavy atom. The van der Waals surface area contributed by atoms with Gasteiger partial charge in [0.05, 0.1) is 0 Å². The number of carbonyl (C=O) groups excluding carboxylic acids is 1. The van der Waals surface area contributed by atoms with E-state index in [0.29, 0.717) is 11.8 Å². The van der Waals surface area contributed by atoms with Gasteiger partial charge in [-0.15, -0.1) is 0 Å². The quantitative estimate of drug-likeness (QED) is 0.633. The molecule has 1 saturated carbocycles. The highest BCUT2D eigenvalue weighted by Gasteiger charge is 2.19. The standard InChI is InChI=1S/C12H23NO/c1-13(2)12(14)11-9-7-5-3-4-6-8-10-11/h11H,3-10H2,1-2H3. The average Bonchev–Trinajstić information content (AvgIpc) is 2.29. The Kier molecular flexibility index (Phi) is 4.99. The van der Waals surface area contributed by atoms with Crippen LogP contribution in [0.2, 0.25) is 0 Å². The summed E-state index contributed by atoms with van der Waals surface area (Å²) < 4.78 is 0. The number of amides is 1. The van der Waals surface area contributed by atoms with Gasteiger partial charge in [-0.25, -0.2) is 0 Å². The van der Waals surface area contributed by atoms with Crippen LogP contribution in [0.1, 0.15) is 51.4 Å². The Bertz CT molecular complexity index is 167. The maximum atomic E-state index is 11.8. The van der Waals surface area contributed by atoms with Gasteiger partial charge in [0, 0.05) is 20.0 Å². The molecule has 1 fully saturated rings. The Balaban J connectivity index is 2.43. The van der Waals surface area contributed by atoms with Crippen molar-refractivity contribution in [1.29, 1.82) is 0 Å². The molecule has 0 heterocycles. The van der Waals surface area contributed by atoms with Crippen molar-refractivity contribution >= 4 is 5.91 Å². The highest BCUT2D eigenvalue weighted by atomic mass is 16.2. The van der Waals surface area contributed by atoms with Gasteiger partial charge in [0.2, 0.25) is 5.91 Å². The first-order valence-electron chi connectivity index (χ1n) is 5.93. The molecule has 0 unspecified atom stereocenters. The molecule has 0 aromatic heterocycles. The van der Waals surface area contributed by atoms with Crippen LogP contribution >= 0.6 is 0 Å². The summed E-state index contributed by atoms with van der Waals surface area (Å²) in [5.41, 5.74) is 0. The fraction of sp³-hybridized carbons (Fsp3) is 0.917. The molecular formula is C12H23NO. The summed E-state index contributed by atoms with van der Waals surface area (Å²) in [6.07, 6.45) is 10.1. The lowest BCUT2D eigenvalue weighted by Crippen LogP contribution is -2.29. The van der Waals surface area contributed by atoms with Crippen LogP contribution < -0.4 is 0 Å². The number of hydrogen-bond acceptors (Lipinski definition) is 1. The van der Waals surface area contributed by atoms with Crippen LogP contribution in [0.3, 0.4) is 0 Å². The largest absolute Gasteiger partial charge is 0.349 e. The van der Waals surface area contributed by atoms with Gasteiger partial charge in [0.25, 0.3) is 0 Å². The maximum Gasteiger partial charge on any atom is 0.225 e. The molecule has 0 saturated heterocycles. The van der Waals surface area contributed by atoms with Crippen molar-refractivity contribution in [3.05, 3.63) is 0 Å². The van der Waals surface area contributed by atoms with E-state index in [2.05, 4.69) is 0 Å². The number of nitrogens with zero attached hydrogens (tertiary/aromatic N) is 1. The lowest BCUT2D eigenvalue weighted by atomic mass is 9.96. The van der Waals surface area contributed by atoms with Crippen molar-refractivity contribution < 1.29 is 4.79 Å². The van der Waals surface area contributed by atoms with E-state index in [0.717, 1.165) is 12.8 Å². The van der Waals surface area contributed by atoms with Crippen molar-refractivity contribution in [3.8, 4) is 0 Å². The van der Waals surface area contributed by atoms with Crippen LogP contribution in [0, 0.1) is 5.92 Å². The van der Waals surface area contributed by atoms with Crippen molar-refractivity contribution in [1.82, 2.24) is 4.90 Å². The van der Waals surface area contributed by atoms with Gasteiger partial charge in [-0.2, -0.15) is 0 Å². The second kappa shape index (κ2) is 6.05. The predicted molar refractivity (Wildman–Crippen MR) is 59.1 cm³/mol. The molecule has 82 valence electrons. The molecule has 1 aliphatic rings. The average molecular weight is 197 g/mol. The fourth-order valence-electron chi connectivity index (χ4n) is 2.25. The van der Waals surface area contributed by atoms with Crippen molar-refractivity contribution in [2.24, 2.45) is 5.92 Å². The molecule has 1 rings (SSSR count). The first kappa shape index (κ1) is 11.5. The van der Waals surface area contributed by atoms with E-state index in [4.69, 9.17) is 0 Å². The summed E-state index contributed by atoms with van der Waals surface area (Å²) >= 11 is 0. The summed E-state index contributed by atoms with van der Waals surface area (Å²) in [4.78, 5) is 13.6. The maximum absolute atomic E-state index is 11.8. The molecule has 0 aliphatic heterocycles. The third-order valence-corrected chi connectivity index (χ3v) is 3.15. The van der Waals surface area contributed by atoms with Gasteiger partial charge in [0.15, 0.2) is 0 Å². The molecule has 0 atom stereocenters. The monoisotopic (exact) mass is 197 g/mol. The predicted octanol–water partition coefficient (Wildman–Crippen LogP) is 2.83. The van der Waals surface area contributed by atoms with Gasteiger partial charge in [-0.3, -0.25) is 4.79 Å². The highest BCUT2D eigenvalue weighted by molar-refractivity contribution is 5.78. The molecule has 0 aromatic rings. The van der Waals surface area contributed by atoms with Crippen molar-refractivity contribution in [2.45, 2.75) is 51.4 Å². The number of carbonyl (C=O) groups is 1. The molecule has 2 heteroatoms. The van der Waals surface area contributed by atoms with E-state index in [1.165, 1.54) is 38.5 Å². The van der Waals surface area contributed by atoms with Gasteiger partial charge in [0.1, 0.15) is 0 Å². The van der Waals surface area contributed by atoms with Crippen LogP contribution in [-0.4, -0.2) is 24.9 Å². The van der Waals surface area contributed by atoms with E-state index in [9.17, 15) is 4.79 Å². The third-order valence-electron chi connectivity index (χ3n) is 3.15. The van der Waals surface area contributed by atoms with E-state index < -0.39 is 0 Å².